The lowest BCUT2D eigenvalue weighted by Crippen LogP contribution is -2.15. The lowest BCUT2D eigenvalue weighted by atomic mass is 10.3. The highest BCUT2D eigenvalue weighted by Crippen LogP contribution is 2.24. The summed E-state index contributed by atoms with van der Waals surface area (Å²) in [5.41, 5.74) is 0.962. The first-order valence-electron chi connectivity index (χ1n) is 8.51. The first-order valence-corrected chi connectivity index (χ1v) is 10.7. The van der Waals surface area contributed by atoms with Crippen LogP contribution < -0.4 is 10.9 Å². The second-order valence-corrected chi connectivity index (χ2v) is 8.64. The zero-order valence-corrected chi connectivity index (χ0v) is 17.5. The Morgan fingerprint density at radius 2 is 1.97 bits per heavy atom. The SMILES string of the molecule is O=C(CSc1nc2c(sc(=S)n2-c2ccccc2)c(=O)[nH]1)Nc1ccc(F)c(F)c1. The number of hydrogen-bond acceptors (Lipinski definition) is 6. The molecular formula is C19H12F2N4O2S3. The number of halogens is 2. The van der Waals surface area contributed by atoms with Crippen molar-refractivity contribution < 1.29 is 13.6 Å². The second kappa shape index (κ2) is 8.46. The molecule has 0 atom stereocenters. The highest BCUT2D eigenvalue weighted by atomic mass is 32.2. The number of nitrogens with zero attached hydrogens (tertiary/aromatic N) is 2. The molecule has 0 bridgehead atoms. The number of anilines is 1. The van der Waals surface area contributed by atoms with Crippen LogP contribution in [0, 0.1) is 15.6 Å². The zero-order chi connectivity index (χ0) is 21.3. The van der Waals surface area contributed by atoms with Crippen LogP contribution in [0.4, 0.5) is 14.5 Å². The summed E-state index contributed by atoms with van der Waals surface area (Å²) in [5, 5.41) is 2.71. The van der Waals surface area contributed by atoms with E-state index in [-0.39, 0.29) is 22.2 Å². The van der Waals surface area contributed by atoms with Gasteiger partial charge in [0.05, 0.1) is 5.75 Å². The fourth-order valence-electron chi connectivity index (χ4n) is 2.67. The van der Waals surface area contributed by atoms with Gasteiger partial charge in [-0.25, -0.2) is 13.8 Å². The predicted octanol–water partition coefficient (Wildman–Crippen LogP) is 4.51. The summed E-state index contributed by atoms with van der Waals surface area (Å²) in [6, 6.07) is 12.4. The number of rotatable bonds is 5. The van der Waals surface area contributed by atoms with Gasteiger partial charge >= 0.3 is 0 Å². The molecule has 152 valence electrons. The number of carbonyl (C=O) groups excluding carboxylic acids is 1. The van der Waals surface area contributed by atoms with E-state index in [0.29, 0.717) is 14.3 Å². The number of amides is 1. The number of H-pyrrole nitrogens is 1. The van der Waals surface area contributed by atoms with E-state index in [0.717, 1.165) is 40.9 Å². The number of hydrogen-bond donors (Lipinski definition) is 2. The van der Waals surface area contributed by atoms with Crippen molar-refractivity contribution >= 4 is 57.3 Å². The summed E-state index contributed by atoms with van der Waals surface area (Å²) in [6.45, 7) is 0. The third kappa shape index (κ3) is 4.18. The highest BCUT2D eigenvalue weighted by molar-refractivity contribution is 7.99. The number of aromatic nitrogens is 3. The van der Waals surface area contributed by atoms with Crippen LogP contribution in [0.15, 0.2) is 58.5 Å². The lowest BCUT2D eigenvalue weighted by molar-refractivity contribution is -0.113. The van der Waals surface area contributed by atoms with Crippen LogP contribution in [0.5, 0.6) is 0 Å². The average molecular weight is 463 g/mol. The zero-order valence-electron chi connectivity index (χ0n) is 15.0. The standard InChI is InChI=1S/C19H12F2N4O2S3/c20-12-7-6-10(8-13(12)21)22-14(26)9-29-18-23-16-15(17(27)24-18)30-19(28)25(16)11-4-2-1-3-5-11/h1-8H,9H2,(H,22,26)(H,23,24,27). The van der Waals surface area contributed by atoms with Crippen LogP contribution in [0.2, 0.25) is 0 Å². The van der Waals surface area contributed by atoms with Crippen LogP contribution in [0.25, 0.3) is 16.0 Å². The third-order valence-electron chi connectivity index (χ3n) is 3.98. The Morgan fingerprint density at radius 3 is 2.70 bits per heavy atom. The topological polar surface area (TPSA) is 79.8 Å². The number of benzene rings is 2. The molecule has 2 aromatic carbocycles. The average Bonchev–Trinajstić information content (AvgIpc) is 3.06. The summed E-state index contributed by atoms with van der Waals surface area (Å²) in [6.07, 6.45) is 0. The quantitative estimate of drug-likeness (QED) is 0.259. The van der Waals surface area contributed by atoms with E-state index >= 15 is 0 Å². The molecule has 4 rings (SSSR count). The van der Waals surface area contributed by atoms with Crippen LogP contribution in [0.1, 0.15) is 0 Å². The molecule has 0 aliphatic rings. The van der Waals surface area contributed by atoms with Crippen LogP contribution in [-0.2, 0) is 4.79 Å². The molecule has 2 aromatic heterocycles. The normalized spacial score (nSPS) is 11.0. The molecule has 6 nitrogen and oxygen atoms in total. The number of nitrogens with one attached hydrogen (secondary N) is 2. The van der Waals surface area contributed by atoms with Crippen molar-refractivity contribution in [2.24, 2.45) is 0 Å². The fourth-order valence-corrected chi connectivity index (χ4v) is 4.60. The van der Waals surface area contributed by atoms with E-state index in [9.17, 15) is 18.4 Å². The van der Waals surface area contributed by atoms with Gasteiger partial charge < -0.3 is 10.3 Å². The van der Waals surface area contributed by atoms with Gasteiger partial charge in [0.25, 0.3) is 5.56 Å². The Balaban J connectivity index is 1.57. The lowest BCUT2D eigenvalue weighted by Gasteiger charge is -2.06. The second-order valence-electron chi connectivity index (χ2n) is 6.03. The Kier molecular flexibility index (Phi) is 5.75. The molecule has 0 radical (unpaired) electrons. The maximum absolute atomic E-state index is 13.3. The maximum atomic E-state index is 13.3. The van der Waals surface area contributed by atoms with E-state index in [1.807, 2.05) is 30.3 Å². The molecule has 1 amide bonds. The molecule has 0 aliphatic heterocycles. The molecular weight excluding hydrogens is 450 g/mol. The molecule has 30 heavy (non-hydrogen) atoms. The number of fused-ring (bicyclic) bond motifs is 1. The molecule has 2 N–H and O–H groups in total. The molecule has 4 aromatic rings. The van der Waals surface area contributed by atoms with Crippen molar-refractivity contribution in [1.29, 1.82) is 0 Å². The Bertz CT molecular complexity index is 1370. The van der Waals surface area contributed by atoms with Crippen molar-refractivity contribution in [3.63, 3.8) is 0 Å². The largest absolute Gasteiger partial charge is 0.325 e. The Labute approximate surface area is 181 Å². The first-order chi connectivity index (χ1) is 14.4. The highest BCUT2D eigenvalue weighted by Gasteiger charge is 2.15. The minimum Gasteiger partial charge on any atom is -0.325 e. The van der Waals surface area contributed by atoms with Gasteiger partial charge in [0.1, 0.15) is 4.70 Å². The van der Waals surface area contributed by atoms with Crippen LogP contribution >= 0.6 is 35.3 Å². The number of thiazole rings is 1. The predicted molar refractivity (Wildman–Crippen MR) is 116 cm³/mol. The van der Waals surface area contributed by atoms with Gasteiger partial charge in [-0.05, 0) is 36.5 Å². The molecule has 0 unspecified atom stereocenters. The van der Waals surface area contributed by atoms with Crippen molar-refractivity contribution in [3.05, 3.63) is 74.5 Å². The number of para-hydroxylation sites is 1. The van der Waals surface area contributed by atoms with Gasteiger partial charge in [-0.15, -0.1) is 0 Å². The van der Waals surface area contributed by atoms with Gasteiger partial charge in [0.2, 0.25) is 5.91 Å². The molecule has 0 saturated heterocycles. The fraction of sp³-hybridized carbons (Fsp3) is 0.0526. The van der Waals surface area contributed by atoms with E-state index < -0.39 is 17.5 Å². The van der Waals surface area contributed by atoms with Crippen molar-refractivity contribution in [2.75, 3.05) is 11.1 Å². The van der Waals surface area contributed by atoms with Gasteiger partial charge in [-0.3, -0.25) is 14.2 Å². The molecule has 0 saturated carbocycles. The van der Waals surface area contributed by atoms with Crippen molar-refractivity contribution in [2.45, 2.75) is 5.16 Å². The molecule has 0 fully saturated rings. The van der Waals surface area contributed by atoms with Gasteiger partial charge in [-0.1, -0.05) is 41.3 Å². The van der Waals surface area contributed by atoms with Gasteiger partial charge in [0.15, 0.2) is 26.4 Å². The van der Waals surface area contributed by atoms with Gasteiger partial charge in [0, 0.05) is 17.4 Å². The third-order valence-corrected chi connectivity index (χ3v) is 6.21. The molecule has 0 aliphatic carbocycles. The van der Waals surface area contributed by atoms with Crippen molar-refractivity contribution in [3.8, 4) is 5.69 Å². The molecule has 2 heterocycles. The van der Waals surface area contributed by atoms with E-state index in [4.69, 9.17) is 12.2 Å². The molecule has 11 heteroatoms. The van der Waals surface area contributed by atoms with E-state index in [1.54, 1.807) is 4.57 Å². The minimum absolute atomic E-state index is 0.0936. The minimum atomic E-state index is -1.06. The van der Waals surface area contributed by atoms with Crippen LogP contribution in [-0.4, -0.2) is 26.2 Å². The van der Waals surface area contributed by atoms with E-state index in [1.165, 1.54) is 6.07 Å². The Morgan fingerprint density at radius 1 is 1.20 bits per heavy atom. The summed E-state index contributed by atoms with van der Waals surface area (Å²) in [5.74, 6) is -2.61. The summed E-state index contributed by atoms with van der Waals surface area (Å²) in [4.78, 5) is 31.7. The first kappa shape index (κ1) is 20.4. The maximum Gasteiger partial charge on any atom is 0.271 e. The summed E-state index contributed by atoms with van der Waals surface area (Å²) < 4.78 is 28.8. The summed E-state index contributed by atoms with van der Waals surface area (Å²) in [7, 11) is 0. The monoisotopic (exact) mass is 462 g/mol. The van der Waals surface area contributed by atoms with Crippen LogP contribution in [0.3, 0.4) is 0 Å². The Hall–Kier alpha value is -2.89. The summed E-state index contributed by atoms with van der Waals surface area (Å²) >= 11 is 7.56. The number of aromatic amines is 1. The van der Waals surface area contributed by atoms with E-state index in [2.05, 4.69) is 15.3 Å². The molecule has 0 spiro atoms. The number of thioether (sulfide) groups is 1. The number of carbonyl (C=O) groups is 1. The van der Waals surface area contributed by atoms with Crippen molar-refractivity contribution in [1.82, 2.24) is 14.5 Å². The smallest absolute Gasteiger partial charge is 0.271 e. The van der Waals surface area contributed by atoms with Gasteiger partial charge in [-0.2, -0.15) is 0 Å².